The van der Waals surface area contributed by atoms with E-state index < -0.39 is 10.0 Å². The second kappa shape index (κ2) is 7.43. The molecule has 3 atom stereocenters. The van der Waals surface area contributed by atoms with Gasteiger partial charge in [-0.2, -0.15) is 5.26 Å². The summed E-state index contributed by atoms with van der Waals surface area (Å²) in [6.07, 6.45) is 3.06. The average molecular weight is 335 g/mol. The molecule has 1 aliphatic heterocycles. The van der Waals surface area contributed by atoms with Crippen LogP contribution in [0.1, 0.15) is 43.9 Å². The zero-order valence-corrected chi connectivity index (χ0v) is 14.8. The van der Waals surface area contributed by atoms with Gasteiger partial charge in [0, 0.05) is 25.2 Å². The van der Waals surface area contributed by atoms with Crippen LogP contribution in [0, 0.1) is 17.2 Å². The molecule has 1 fully saturated rings. The molecule has 1 aromatic rings. The minimum Gasteiger partial charge on any atom is -0.307 e. The molecule has 0 aliphatic carbocycles. The molecule has 23 heavy (non-hydrogen) atoms. The third kappa shape index (κ3) is 4.54. The van der Waals surface area contributed by atoms with Crippen LogP contribution in [0.4, 0.5) is 0 Å². The summed E-state index contributed by atoms with van der Waals surface area (Å²) in [5.41, 5.74) is 1.80. The van der Waals surface area contributed by atoms with Crippen LogP contribution < -0.4 is 5.32 Å². The highest BCUT2D eigenvalue weighted by Crippen LogP contribution is 2.25. The van der Waals surface area contributed by atoms with Crippen LogP contribution >= 0.6 is 0 Å². The molecule has 6 heteroatoms. The van der Waals surface area contributed by atoms with Crippen molar-refractivity contribution in [3.63, 3.8) is 0 Å². The number of nitrogens with one attached hydrogen (secondary N) is 1. The summed E-state index contributed by atoms with van der Waals surface area (Å²) in [7, 11) is -3.11. The topological polar surface area (TPSA) is 73.2 Å². The van der Waals surface area contributed by atoms with E-state index in [1.165, 1.54) is 6.26 Å². The van der Waals surface area contributed by atoms with Gasteiger partial charge in [-0.25, -0.2) is 12.7 Å². The first-order valence-electron chi connectivity index (χ1n) is 8.06. The summed E-state index contributed by atoms with van der Waals surface area (Å²) >= 11 is 0. The summed E-state index contributed by atoms with van der Waals surface area (Å²) in [4.78, 5) is 0. The lowest BCUT2D eigenvalue weighted by molar-refractivity contribution is 0.193. The first kappa shape index (κ1) is 17.9. The molecule has 0 radical (unpaired) electrons. The standard InChI is InChI=1S/C17H25N3O2S/c1-4-15-12-20(23(3,21)22)10-9-17(15)19-13(2)16-7-5-14(11-18)6-8-16/h5-8,13,15,17,19H,4,9-10,12H2,1-3H3/t13-,15+,17+/m0/s1. The molecule has 126 valence electrons. The minimum absolute atomic E-state index is 0.173. The van der Waals surface area contributed by atoms with E-state index in [0.717, 1.165) is 18.4 Å². The van der Waals surface area contributed by atoms with Crippen molar-refractivity contribution in [2.24, 2.45) is 5.92 Å². The zero-order valence-electron chi connectivity index (χ0n) is 14.0. The third-order valence-electron chi connectivity index (χ3n) is 4.69. The second-order valence-corrected chi connectivity index (χ2v) is 8.29. The van der Waals surface area contributed by atoms with Gasteiger partial charge >= 0.3 is 0 Å². The maximum atomic E-state index is 11.7. The molecule has 0 amide bonds. The van der Waals surface area contributed by atoms with Gasteiger partial charge in [0.2, 0.25) is 10.0 Å². The SMILES string of the molecule is CC[C@@H]1CN(S(C)(=O)=O)CC[C@H]1N[C@@H](C)c1ccc(C#N)cc1. The second-order valence-electron chi connectivity index (χ2n) is 6.31. The lowest BCUT2D eigenvalue weighted by Crippen LogP contribution is -2.51. The Labute approximate surface area is 139 Å². The van der Waals surface area contributed by atoms with E-state index in [4.69, 9.17) is 5.26 Å². The zero-order chi connectivity index (χ0) is 17.0. The van der Waals surface area contributed by atoms with E-state index in [2.05, 4.69) is 25.2 Å². The average Bonchev–Trinajstić information content (AvgIpc) is 2.54. The third-order valence-corrected chi connectivity index (χ3v) is 5.96. The van der Waals surface area contributed by atoms with Crippen molar-refractivity contribution in [1.82, 2.24) is 9.62 Å². The highest BCUT2D eigenvalue weighted by atomic mass is 32.2. The van der Waals surface area contributed by atoms with E-state index >= 15 is 0 Å². The van der Waals surface area contributed by atoms with Crippen molar-refractivity contribution in [3.8, 4) is 6.07 Å². The summed E-state index contributed by atoms with van der Waals surface area (Å²) in [5, 5.41) is 12.5. The Morgan fingerprint density at radius 2 is 2.04 bits per heavy atom. The molecule has 1 N–H and O–H groups in total. The molecule has 5 nitrogen and oxygen atoms in total. The number of nitriles is 1. The predicted octanol–water partition coefficient (Wildman–Crippen LogP) is 2.27. The first-order valence-corrected chi connectivity index (χ1v) is 9.91. The molecule has 2 rings (SSSR count). The smallest absolute Gasteiger partial charge is 0.211 e. The Morgan fingerprint density at radius 3 is 2.57 bits per heavy atom. The van der Waals surface area contributed by atoms with Crippen molar-refractivity contribution >= 4 is 10.0 Å². The maximum absolute atomic E-state index is 11.7. The van der Waals surface area contributed by atoms with Gasteiger partial charge in [0.1, 0.15) is 0 Å². The van der Waals surface area contributed by atoms with Gasteiger partial charge < -0.3 is 5.32 Å². The van der Waals surface area contributed by atoms with Gasteiger partial charge in [0.25, 0.3) is 0 Å². The van der Waals surface area contributed by atoms with E-state index in [-0.39, 0.29) is 6.04 Å². The van der Waals surface area contributed by atoms with Gasteiger partial charge in [-0.15, -0.1) is 0 Å². The van der Waals surface area contributed by atoms with Crippen LogP contribution in [0.25, 0.3) is 0 Å². The highest BCUT2D eigenvalue weighted by Gasteiger charge is 2.32. The Morgan fingerprint density at radius 1 is 1.39 bits per heavy atom. The lowest BCUT2D eigenvalue weighted by Gasteiger charge is -2.38. The molecule has 0 spiro atoms. The van der Waals surface area contributed by atoms with E-state index in [1.807, 2.05) is 24.3 Å². The summed E-state index contributed by atoms with van der Waals surface area (Å²) in [6, 6.07) is 10.2. The molecule has 1 aromatic carbocycles. The fraction of sp³-hybridized carbons (Fsp3) is 0.588. The molecule has 0 unspecified atom stereocenters. The largest absolute Gasteiger partial charge is 0.307 e. The minimum atomic E-state index is -3.11. The van der Waals surface area contributed by atoms with E-state index in [0.29, 0.717) is 30.6 Å². The molecular weight excluding hydrogens is 310 g/mol. The van der Waals surface area contributed by atoms with Crippen molar-refractivity contribution in [2.75, 3.05) is 19.3 Å². The predicted molar refractivity (Wildman–Crippen MR) is 91.3 cm³/mol. The van der Waals surface area contributed by atoms with E-state index in [1.54, 1.807) is 4.31 Å². The Balaban J connectivity index is 2.02. The normalized spacial score (nSPS) is 24.1. The summed E-state index contributed by atoms with van der Waals surface area (Å²) in [6.45, 7) is 5.38. The highest BCUT2D eigenvalue weighted by molar-refractivity contribution is 7.88. The maximum Gasteiger partial charge on any atom is 0.211 e. The fourth-order valence-electron chi connectivity index (χ4n) is 3.20. The van der Waals surface area contributed by atoms with Gasteiger partial charge in [0.05, 0.1) is 17.9 Å². The van der Waals surface area contributed by atoms with Crippen molar-refractivity contribution in [3.05, 3.63) is 35.4 Å². The van der Waals surface area contributed by atoms with Crippen LogP contribution in [0.5, 0.6) is 0 Å². The Bertz CT molecular complexity index is 664. The quantitative estimate of drug-likeness (QED) is 0.896. The number of rotatable bonds is 5. The van der Waals surface area contributed by atoms with Crippen LogP contribution in [-0.2, 0) is 10.0 Å². The molecule has 1 saturated heterocycles. The number of sulfonamides is 1. The molecular formula is C17H25N3O2S. The van der Waals surface area contributed by atoms with Crippen LogP contribution in [-0.4, -0.2) is 38.1 Å². The van der Waals surface area contributed by atoms with Crippen molar-refractivity contribution in [1.29, 1.82) is 5.26 Å². The Kier molecular flexibility index (Phi) is 5.79. The monoisotopic (exact) mass is 335 g/mol. The van der Waals surface area contributed by atoms with Gasteiger partial charge in [-0.1, -0.05) is 25.5 Å². The fourth-order valence-corrected chi connectivity index (χ4v) is 4.10. The number of benzene rings is 1. The molecule has 1 heterocycles. The number of nitrogens with zero attached hydrogens (tertiary/aromatic N) is 2. The van der Waals surface area contributed by atoms with Crippen LogP contribution in [0.15, 0.2) is 24.3 Å². The van der Waals surface area contributed by atoms with Crippen molar-refractivity contribution in [2.45, 2.75) is 38.8 Å². The summed E-state index contributed by atoms with van der Waals surface area (Å²) < 4.78 is 25.1. The van der Waals surface area contributed by atoms with Crippen LogP contribution in [0.2, 0.25) is 0 Å². The lowest BCUT2D eigenvalue weighted by atomic mass is 9.90. The Hall–Kier alpha value is -1.42. The number of piperidine rings is 1. The molecule has 1 aliphatic rings. The molecule has 0 saturated carbocycles. The van der Waals surface area contributed by atoms with Gasteiger partial charge in [-0.05, 0) is 37.0 Å². The van der Waals surface area contributed by atoms with Gasteiger partial charge in [-0.3, -0.25) is 0 Å². The molecule has 0 aromatic heterocycles. The van der Waals surface area contributed by atoms with E-state index in [9.17, 15) is 8.42 Å². The van der Waals surface area contributed by atoms with Crippen molar-refractivity contribution < 1.29 is 8.42 Å². The van der Waals surface area contributed by atoms with Crippen LogP contribution in [0.3, 0.4) is 0 Å². The van der Waals surface area contributed by atoms with Gasteiger partial charge in [0.15, 0.2) is 0 Å². The molecule has 0 bridgehead atoms. The first-order chi connectivity index (χ1) is 10.8. The number of hydrogen-bond acceptors (Lipinski definition) is 4. The summed E-state index contributed by atoms with van der Waals surface area (Å²) in [5.74, 6) is 0.319. The number of hydrogen-bond donors (Lipinski definition) is 1.